The minimum absolute atomic E-state index is 0.0820. The van der Waals surface area contributed by atoms with E-state index < -0.39 is 32.1 Å². The van der Waals surface area contributed by atoms with Crippen LogP contribution in [0, 0.1) is 21.7 Å². The number of ketones is 2. The van der Waals surface area contributed by atoms with Crippen LogP contribution in [0.3, 0.4) is 0 Å². The molecular formula is C34H48O7S2. The summed E-state index contributed by atoms with van der Waals surface area (Å²) in [6, 6.07) is 7.24. The number of allylic oxidation sites excluding steroid dienone is 3. The molecule has 1 aromatic rings. The number of Topliss-reactive ketones (excluding diaryl/α,β-unsaturated/α-hetero) is 2. The molecule has 0 aromatic heterocycles. The van der Waals surface area contributed by atoms with Gasteiger partial charge in [-0.1, -0.05) is 38.1 Å². The number of hydrogen-bond acceptors (Lipinski definition) is 8. The minimum Gasteiger partial charge on any atom is -0.481 e. The van der Waals surface area contributed by atoms with Gasteiger partial charge in [-0.15, -0.1) is 25.3 Å². The van der Waals surface area contributed by atoms with Gasteiger partial charge in [0.2, 0.25) is 15.6 Å². The molecule has 1 aromatic carbocycles. The summed E-state index contributed by atoms with van der Waals surface area (Å²) in [5.74, 6) is -0.315. The summed E-state index contributed by atoms with van der Waals surface area (Å²) < 4.78 is 12.8. The van der Waals surface area contributed by atoms with E-state index in [0.29, 0.717) is 41.9 Å². The first-order chi connectivity index (χ1) is 19.6. The number of ether oxygens (including phenoxy) is 2. The summed E-state index contributed by atoms with van der Waals surface area (Å²) in [5.41, 5.74) is -1.92. The summed E-state index contributed by atoms with van der Waals surface area (Å²) in [7, 11) is 0. The van der Waals surface area contributed by atoms with Crippen molar-refractivity contribution in [3.05, 3.63) is 53.3 Å². The Morgan fingerprint density at radius 2 is 1.49 bits per heavy atom. The lowest BCUT2D eigenvalue weighted by Gasteiger charge is -2.43. The molecular weight excluding hydrogens is 585 g/mol. The molecule has 43 heavy (non-hydrogen) atoms. The molecule has 2 unspecified atom stereocenters. The summed E-state index contributed by atoms with van der Waals surface area (Å²) in [6.45, 7) is 14.7. The molecule has 0 spiro atoms. The van der Waals surface area contributed by atoms with Crippen molar-refractivity contribution in [2.24, 2.45) is 21.7 Å². The number of benzene rings is 1. The molecule has 0 amide bonds. The number of carboxylic acid groups (broad SMARTS) is 1. The summed E-state index contributed by atoms with van der Waals surface area (Å²) in [6.07, 6.45) is 6.69. The van der Waals surface area contributed by atoms with Crippen molar-refractivity contribution in [2.45, 2.75) is 104 Å². The van der Waals surface area contributed by atoms with E-state index in [1.807, 2.05) is 52.0 Å². The van der Waals surface area contributed by atoms with Crippen molar-refractivity contribution in [1.82, 2.24) is 0 Å². The second-order valence-electron chi connectivity index (χ2n) is 14.6. The number of hydrogen-bond donors (Lipinski definition) is 4. The second-order valence-corrected chi connectivity index (χ2v) is 16.0. The Morgan fingerprint density at radius 3 is 2.09 bits per heavy atom. The van der Waals surface area contributed by atoms with E-state index in [-0.39, 0.29) is 30.0 Å². The van der Waals surface area contributed by atoms with E-state index in [1.54, 1.807) is 39.8 Å². The number of carbonyl (C=O) groups excluding carboxylic acids is 2. The number of aliphatic carboxylic acids is 1. The molecule has 0 saturated heterocycles. The van der Waals surface area contributed by atoms with Crippen LogP contribution < -0.4 is 0 Å². The molecule has 0 radical (unpaired) electrons. The van der Waals surface area contributed by atoms with Gasteiger partial charge >= 0.3 is 5.97 Å². The first-order valence-electron chi connectivity index (χ1n) is 14.9. The third-order valence-corrected chi connectivity index (χ3v) is 9.62. The van der Waals surface area contributed by atoms with E-state index in [1.165, 1.54) is 0 Å². The molecule has 2 aliphatic heterocycles. The molecule has 238 valence electrons. The standard InChI is InChI=1S/C34H48O7S2/c1-29(2,21-35)16-11-13-22-19-31(5,6)27(37)34(43,40-22)24-15-10-9-14-23(24)25-20-32(7,8)26(36)33(42,41-25)18-12-17-30(3,4)28(38)39/h9-10,14-15,19-20,35,42-43H,11-13,16-18,21H2,1-8H3,(H,38,39). The fraction of sp³-hybridized carbons (Fsp3) is 0.618. The van der Waals surface area contributed by atoms with Crippen LogP contribution in [0.1, 0.15) is 105 Å². The maximum absolute atomic E-state index is 14.0. The van der Waals surface area contributed by atoms with E-state index in [0.717, 1.165) is 12.8 Å². The lowest BCUT2D eigenvalue weighted by atomic mass is 9.77. The first kappa shape index (κ1) is 35.3. The number of carbonyl (C=O) groups is 3. The minimum atomic E-state index is -1.63. The highest BCUT2D eigenvalue weighted by Crippen LogP contribution is 2.50. The molecule has 2 aliphatic rings. The van der Waals surface area contributed by atoms with Gasteiger partial charge in [-0.2, -0.15) is 0 Å². The van der Waals surface area contributed by atoms with Crippen LogP contribution in [0.4, 0.5) is 0 Å². The average molecular weight is 633 g/mol. The van der Waals surface area contributed by atoms with Gasteiger partial charge in [0.25, 0.3) is 0 Å². The normalized spacial score (nSPS) is 25.4. The Morgan fingerprint density at radius 1 is 0.884 bits per heavy atom. The van der Waals surface area contributed by atoms with Crippen LogP contribution in [-0.2, 0) is 28.8 Å². The van der Waals surface area contributed by atoms with Crippen molar-refractivity contribution in [3.63, 3.8) is 0 Å². The van der Waals surface area contributed by atoms with E-state index >= 15 is 0 Å². The molecule has 2 atom stereocenters. The Hall–Kier alpha value is -2.23. The third-order valence-electron chi connectivity index (χ3n) is 8.56. The van der Waals surface area contributed by atoms with Gasteiger partial charge in [-0.05, 0) is 84.8 Å². The number of rotatable bonds is 12. The number of carboxylic acids is 1. The quantitative estimate of drug-likeness (QED) is 0.179. The summed E-state index contributed by atoms with van der Waals surface area (Å²) >= 11 is 9.68. The van der Waals surface area contributed by atoms with Crippen LogP contribution in [0.5, 0.6) is 0 Å². The Balaban J connectivity index is 1.99. The molecule has 0 fully saturated rings. The fourth-order valence-electron chi connectivity index (χ4n) is 5.61. The molecule has 0 saturated carbocycles. The predicted octanol–water partition coefficient (Wildman–Crippen LogP) is 7.34. The predicted molar refractivity (Wildman–Crippen MR) is 175 cm³/mol. The van der Waals surface area contributed by atoms with Crippen LogP contribution in [0.15, 0.2) is 42.2 Å². The lowest BCUT2D eigenvalue weighted by molar-refractivity contribution is -0.147. The van der Waals surface area contributed by atoms with Crippen molar-refractivity contribution in [2.75, 3.05) is 6.61 Å². The largest absolute Gasteiger partial charge is 0.481 e. The van der Waals surface area contributed by atoms with Crippen molar-refractivity contribution in [1.29, 1.82) is 0 Å². The average Bonchev–Trinajstić information content (AvgIpc) is 2.89. The van der Waals surface area contributed by atoms with Gasteiger partial charge in [0.1, 0.15) is 5.76 Å². The Labute approximate surface area is 267 Å². The van der Waals surface area contributed by atoms with Crippen LogP contribution in [0.2, 0.25) is 0 Å². The highest BCUT2D eigenvalue weighted by Gasteiger charge is 2.53. The summed E-state index contributed by atoms with van der Waals surface area (Å²) in [5, 5.41) is 19.2. The van der Waals surface area contributed by atoms with Gasteiger partial charge in [-0.25, -0.2) is 0 Å². The molecule has 0 aliphatic carbocycles. The monoisotopic (exact) mass is 632 g/mol. The van der Waals surface area contributed by atoms with Crippen molar-refractivity contribution in [3.8, 4) is 0 Å². The number of aliphatic hydroxyl groups excluding tert-OH is 1. The smallest absolute Gasteiger partial charge is 0.309 e. The Kier molecular flexibility index (Phi) is 10.1. The van der Waals surface area contributed by atoms with Crippen LogP contribution in [-0.4, -0.2) is 39.3 Å². The van der Waals surface area contributed by atoms with E-state index in [4.69, 9.17) is 34.7 Å². The first-order valence-corrected chi connectivity index (χ1v) is 15.8. The molecule has 2 N–H and O–H groups in total. The molecule has 7 nitrogen and oxygen atoms in total. The highest BCUT2D eigenvalue weighted by molar-refractivity contribution is 7.82. The number of thiol groups is 2. The maximum atomic E-state index is 14.0. The van der Waals surface area contributed by atoms with E-state index in [2.05, 4.69) is 0 Å². The molecule has 9 heteroatoms. The van der Waals surface area contributed by atoms with Crippen LogP contribution >= 0.6 is 25.3 Å². The van der Waals surface area contributed by atoms with E-state index in [9.17, 15) is 24.6 Å². The topological polar surface area (TPSA) is 110 Å². The van der Waals surface area contributed by atoms with Gasteiger partial charge in [0.15, 0.2) is 5.78 Å². The van der Waals surface area contributed by atoms with Gasteiger partial charge in [0, 0.05) is 30.6 Å². The molecule has 2 heterocycles. The zero-order valence-electron chi connectivity index (χ0n) is 26.7. The zero-order valence-corrected chi connectivity index (χ0v) is 28.5. The van der Waals surface area contributed by atoms with Gasteiger partial charge in [-0.3, -0.25) is 14.4 Å². The van der Waals surface area contributed by atoms with Crippen molar-refractivity contribution < 1.29 is 34.1 Å². The SMILES string of the molecule is CC(C)(CO)CCCC1=CC(C)(C)C(=O)C(S)(c2ccccc2C2=CC(C)(C)C(=O)C(S)(CCCC(C)(C)C(=O)O)O2)O1. The van der Waals surface area contributed by atoms with Gasteiger partial charge < -0.3 is 19.7 Å². The zero-order chi connectivity index (χ0) is 32.6. The maximum Gasteiger partial charge on any atom is 0.309 e. The fourth-order valence-corrected chi connectivity index (χ4v) is 6.76. The second kappa shape index (κ2) is 12.3. The molecule has 3 rings (SSSR count). The lowest BCUT2D eigenvalue weighted by Crippen LogP contribution is -2.48. The van der Waals surface area contributed by atoms with Gasteiger partial charge in [0.05, 0.1) is 22.0 Å². The van der Waals surface area contributed by atoms with Crippen molar-refractivity contribution >= 4 is 48.6 Å². The molecule has 0 bridgehead atoms. The summed E-state index contributed by atoms with van der Waals surface area (Å²) in [4.78, 5) is 36.1. The Bertz CT molecular complexity index is 1320. The number of aliphatic hydroxyl groups is 1. The highest BCUT2D eigenvalue weighted by atomic mass is 32.1. The van der Waals surface area contributed by atoms with Crippen LogP contribution in [0.25, 0.3) is 5.76 Å². The third kappa shape index (κ3) is 7.54.